The van der Waals surface area contributed by atoms with Gasteiger partial charge in [0.05, 0.1) is 17.8 Å². The smallest absolute Gasteiger partial charge is 0.247 e. The molecule has 174 valence electrons. The molecule has 4 aromatic rings. The minimum Gasteiger partial charge on any atom is -0.354 e. The summed E-state index contributed by atoms with van der Waals surface area (Å²) in [5.74, 6) is 0.219. The van der Waals surface area contributed by atoms with Gasteiger partial charge in [0.2, 0.25) is 5.91 Å². The zero-order valence-corrected chi connectivity index (χ0v) is 19.6. The van der Waals surface area contributed by atoms with Crippen LogP contribution in [-0.4, -0.2) is 27.0 Å². The summed E-state index contributed by atoms with van der Waals surface area (Å²) >= 11 is 0. The molecule has 1 unspecified atom stereocenters. The highest BCUT2D eigenvalue weighted by atomic mass is 16.1. The van der Waals surface area contributed by atoms with Crippen molar-refractivity contribution in [3.8, 4) is 22.4 Å². The maximum Gasteiger partial charge on any atom is 0.247 e. The molecule has 2 aromatic heterocycles. The number of fused-ring (bicyclic) bond motifs is 1. The monoisotopic (exact) mass is 455 g/mol. The number of aldehydes is 1. The fourth-order valence-electron chi connectivity index (χ4n) is 4.21. The number of hydrogen-bond donors (Lipinski definition) is 3. The number of carbonyl (C=O) groups excluding carboxylic acids is 2. The third kappa shape index (κ3) is 4.43. The van der Waals surface area contributed by atoms with E-state index in [0.29, 0.717) is 5.92 Å². The van der Waals surface area contributed by atoms with Crippen molar-refractivity contribution in [1.82, 2.24) is 14.8 Å². The number of anilines is 1. The molecule has 34 heavy (non-hydrogen) atoms. The Balaban J connectivity index is 1.88. The molecule has 0 aliphatic heterocycles. The van der Waals surface area contributed by atoms with Gasteiger partial charge in [-0.15, -0.1) is 0 Å². The molecule has 0 saturated carbocycles. The lowest BCUT2D eigenvalue weighted by molar-refractivity contribution is -0.112. The molecule has 2 aromatic carbocycles. The van der Waals surface area contributed by atoms with Crippen LogP contribution >= 0.6 is 0 Å². The number of nitrogens with one attached hydrogen (secondary N) is 2. The summed E-state index contributed by atoms with van der Waals surface area (Å²) in [4.78, 5) is 26.9. The van der Waals surface area contributed by atoms with E-state index >= 15 is 0 Å². The van der Waals surface area contributed by atoms with Crippen molar-refractivity contribution in [2.75, 3.05) is 5.32 Å². The minimum absolute atomic E-state index is 0.264. The van der Waals surface area contributed by atoms with Crippen LogP contribution in [0.4, 0.5) is 5.69 Å². The van der Waals surface area contributed by atoms with Gasteiger partial charge in [-0.25, -0.2) is 0 Å². The van der Waals surface area contributed by atoms with Gasteiger partial charge in [-0.3, -0.25) is 9.48 Å². The summed E-state index contributed by atoms with van der Waals surface area (Å²) in [6.45, 7) is 10.6. The summed E-state index contributed by atoms with van der Waals surface area (Å²) in [7, 11) is 0. The fourth-order valence-corrected chi connectivity index (χ4v) is 4.21. The summed E-state index contributed by atoms with van der Waals surface area (Å²) in [5, 5.41) is 8.29. The number of rotatable bonds is 8. The molecule has 1 amide bonds. The minimum atomic E-state index is -0.744. The van der Waals surface area contributed by atoms with Gasteiger partial charge < -0.3 is 20.8 Å². The van der Waals surface area contributed by atoms with Gasteiger partial charge in [-0.1, -0.05) is 44.7 Å². The van der Waals surface area contributed by atoms with Gasteiger partial charge in [0.25, 0.3) is 0 Å². The molecular formula is C27H29N5O2. The predicted molar refractivity (Wildman–Crippen MR) is 136 cm³/mol. The van der Waals surface area contributed by atoms with Crippen LogP contribution in [-0.2, 0) is 16.1 Å². The Hall–Kier alpha value is -3.97. The van der Waals surface area contributed by atoms with Crippen LogP contribution in [0.25, 0.3) is 33.3 Å². The molecule has 1 atom stereocenters. The number of nitrogens with zero attached hydrogens (tertiary/aromatic N) is 2. The van der Waals surface area contributed by atoms with E-state index in [1.54, 1.807) is 0 Å². The zero-order chi connectivity index (χ0) is 24.4. The molecule has 0 aliphatic rings. The Labute approximate surface area is 198 Å². The maximum atomic E-state index is 11.9. The van der Waals surface area contributed by atoms with Crippen molar-refractivity contribution in [2.24, 2.45) is 11.7 Å². The number of hydrogen-bond acceptors (Lipinski definition) is 4. The molecule has 7 nitrogen and oxygen atoms in total. The van der Waals surface area contributed by atoms with Crippen molar-refractivity contribution in [3.63, 3.8) is 0 Å². The first kappa shape index (κ1) is 23.2. The van der Waals surface area contributed by atoms with Crippen molar-refractivity contribution in [2.45, 2.75) is 33.4 Å². The highest BCUT2D eigenvalue weighted by molar-refractivity contribution is 6.03. The molecule has 0 radical (unpaired) electrons. The first-order valence-electron chi connectivity index (χ1n) is 11.2. The van der Waals surface area contributed by atoms with Crippen LogP contribution < -0.4 is 11.1 Å². The summed E-state index contributed by atoms with van der Waals surface area (Å²) < 4.78 is 1.93. The molecule has 0 fully saturated rings. The van der Waals surface area contributed by atoms with Gasteiger partial charge in [-0.05, 0) is 47.7 Å². The van der Waals surface area contributed by atoms with Gasteiger partial charge in [0.15, 0.2) is 0 Å². The van der Waals surface area contributed by atoms with E-state index in [1.165, 1.54) is 6.08 Å². The fraction of sp³-hybridized carbons (Fsp3) is 0.222. The number of nitrogens with two attached hydrogens (primary N) is 1. The second-order valence-electron chi connectivity index (χ2n) is 8.85. The van der Waals surface area contributed by atoms with Gasteiger partial charge in [0.1, 0.15) is 6.29 Å². The summed E-state index contributed by atoms with van der Waals surface area (Å²) in [6.07, 6.45) is 5.84. The first-order chi connectivity index (χ1) is 16.3. The molecule has 4 rings (SSSR count). The molecule has 0 spiro atoms. The van der Waals surface area contributed by atoms with E-state index in [9.17, 15) is 9.59 Å². The molecule has 0 bridgehead atoms. The summed E-state index contributed by atoms with van der Waals surface area (Å²) in [6, 6.07) is 11.0. The number of H-pyrrole nitrogens is 1. The van der Waals surface area contributed by atoms with Gasteiger partial charge >= 0.3 is 0 Å². The Kier molecular flexibility index (Phi) is 6.47. The number of benzene rings is 2. The van der Waals surface area contributed by atoms with Crippen LogP contribution in [0.15, 0.2) is 61.4 Å². The number of aromatic nitrogens is 3. The van der Waals surface area contributed by atoms with E-state index in [0.717, 1.165) is 62.9 Å². The van der Waals surface area contributed by atoms with Crippen molar-refractivity contribution in [1.29, 1.82) is 0 Å². The molecule has 0 saturated heterocycles. The van der Waals surface area contributed by atoms with Crippen LogP contribution in [0.1, 0.15) is 31.0 Å². The molecule has 4 N–H and O–H groups in total. The predicted octanol–water partition coefficient (Wildman–Crippen LogP) is 4.99. The van der Waals surface area contributed by atoms with E-state index in [4.69, 9.17) is 5.73 Å². The van der Waals surface area contributed by atoms with Crippen LogP contribution in [0.3, 0.4) is 0 Å². The highest BCUT2D eigenvalue weighted by Crippen LogP contribution is 2.38. The standard InChI is InChI=1S/C27H29N5O2/c1-5-26(34)30-24-8-6-7-19(17(24)4)20-9-10-21(23(28)15-33)27-22(20)11-25(31-27)18-12-29-32(14-18)13-16(2)3/h5-12,14-16,23,31H,1,13,28H2,2-4H3,(H,30,34). The normalized spacial score (nSPS) is 12.1. The molecule has 2 heterocycles. The second-order valence-corrected chi connectivity index (χ2v) is 8.85. The largest absolute Gasteiger partial charge is 0.354 e. The maximum absolute atomic E-state index is 11.9. The van der Waals surface area contributed by atoms with Crippen LogP contribution in [0.5, 0.6) is 0 Å². The van der Waals surface area contributed by atoms with Crippen molar-refractivity contribution < 1.29 is 9.59 Å². The highest BCUT2D eigenvalue weighted by Gasteiger charge is 2.18. The number of aromatic amines is 1. The second kappa shape index (κ2) is 9.49. The van der Waals surface area contributed by atoms with Crippen molar-refractivity contribution in [3.05, 3.63) is 72.6 Å². The Morgan fingerprint density at radius 1 is 1.26 bits per heavy atom. The molecular weight excluding hydrogens is 426 g/mol. The van der Waals surface area contributed by atoms with Crippen molar-refractivity contribution >= 4 is 28.8 Å². The Morgan fingerprint density at radius 3 is 2.76 bits per heavy atom. The lowest BCUT2D eigenvalue weighted by Crippen LogP contribution is -2.12. The zero-order valence-electron chi connectivity index (χ0n) is 19.6. The SMILES string of the molecule is C=CC(=O)Nc1cccc(-c2ccc(C(N)C=O)c3[nH]c(-c4cnn(CC(C)C)c4)cc23)c1C. The molecule has 0 aliphatic carbocycles. The first-order valence-corrected chi connectivity index (χ1v) is 11.2. The average molecular weight is 456 g/mol. The quantitative estimate of drug-likeness (QED) is 0.257. The average Bonchev–Trinajstić information content (AvgIpc) is 3.46. The Morgan fingerprint density at radius 2 is 2.06 bits per heavy atom. The van der Waals surface area contributed by atoms with Crippen LogP contribution in [0, 0.1) is 12.8 Å². The van der Waals surface area contributed by atoms with Gasteiger partial charge in [-0.2, -0.15) is 5.10 Å². The number of carbonyl (C=O) groups is 2. The van der Waals surface area contributed by atoms with Crippen LogP contribution in [0.2, 0.25) is 0 Å². The van der Waals surface area contributed by atoms with E-state index in [1.807, 2.05) is 54.3 Å². The lowest BCUT2D eigenvalue weighted by atomic mass is 9.93. The Bertz CT molecular complexity index is 1380. The topological polar surface area (TPSA) is 106 Å². The number of amides is 1. The lowest BCUT2D eigenvalue weighted by Gasteiger charge is -2.14. The van der Waals surface area contributed by atoms with Gasteiger partial charge in [0, 0.05) is 40.6 Å². The van der Waals surface area contributed by atoms with E-state index in [-0.39, 0.29) is 5.91 Å². The summed E-state index contributed by atoms with van der Waals surface area (Å²) in [5.41, 5.74) is 13.1. The van der Waals surface area contributed by atoms with E-state index in [2.05, 4.69) is 41.9 Å². The van der Waals surface area contributed by atoms with E-state index < -0.39 is 6.04 Å². The third-order valence-corrected chi connectivity index (χ3v) is 5.90. The third-order valence-electron chi connectivity index (χ3n) is 5.90. The molecule has 7 heteroatoms.